The summed E-state index contributed by atoms with van der Waals surface area (Å²) in [5, 5.41) is 9.72. The van der Waals surface area contributed by atoms with Crippen molar-refractivity contribution in [1.82, 2.24) is 10.3 Å². The van der Waals surface area contributed by atoms with Crippen molar-refractivity contribution in [3.63, 3.8) is 0 Å². The second-order valence-corrected chi connectivity index (χ2v) is 11.6. The van der Waals surface area contributed by atoms with Gasteiger partial charge in [0.15, 0.2) is 0 Å². The normalized spacial score (nSPS) is 12.0. The number of nitrogens with one attached hydrogen (secondary N) is 4. The summed E-state index contributed by atoms with van der Waals surface area (Å²) in [5.41, 5.74) is 4.25. The first-order chi connectivity index (χ1) is 20.8. The Bertz CT molecular complexity index is 1820. The summed E-state index contributed by atoms with van der Waals surface area (Å²) in [6.45, 7) is 3.68. The largest absolute Gasteiger partial charge is 0.361 e. The van der Waals surface area contributed by atoms with Gasteiger partial charge in [0.2, 0.25) is 5.91 Å². The first kappa shape index (κ1) is 29.7. The number of carbonyl (C=O) groups is 3. The highest BCUT2D eigenvalue weighted by molar-refractivity contribution is 8.00. The lowest BCUT2D eigenvalue weighted by atomic mass is 10.1. The molecule has 0 spiro atoms. The van der Waals surface area contributed by atoms with Crippen molar-refractivity contribution in [3.8, 4) is 0 Å². The predicted molar refractivity (Wildman–Crippen MR) is 175 cm³/mol. The van der Waals surface area contributed by atoms with E-state index in [1.54, 1.807) is 60.8 Å². The summed E-state index contributed by atoms with van der Waals surface area (Å²) in [7, 11) is 0. The van der Waals surface area contributed by atoms with Crippen molar-refractivity contribution in [3.05, 3.63) is 131 Å². The van der Waals surface area contributed by atoms with E-state index in [0.717, 1.165) is 26.9 Å². The number of aromatic amines is 1. The number of anilines is 2. The van der Waals surface area contributed by atoms with Gasteiger partial charge in [0, 0.05) is 49.5 Å². The fourth-order valence-corrected chi connectivity index (χ4v) is 5.40. The van der Waals surface area contributed by atoms with Crippen LogP contribution in [-0.4, -0.2) is 28.0 Å². The molecule has 1 unspecified atom stereocenters. The Hall–Kier alpha value is -4.79. The first-order valence-corrected chi connectivity index (χ1v) is 14.8. The number of para-hydroxylation sites is 1. The van der Waals surface area contributed by atoms with Crippen LogP contribution in [0, 0.1) is 6.92 Å². The number of hydrogen-bond donors (Lipinski definition) is 4. The number of hydrogen-bond acceptors (Lipinski definition) is 4. The molecule has 0 aliphatic carbocycles. The zero-order valence-corrected chi connectivity index (χ0v) is 25.1. The number of amides is 3. The molecule has 5 aromatic rings. The van der Waals surface area contributed by atoms with Crippen LogP contribution < -0.4 is 16.0 Å². The lowest BCUT2D eigenvalue weighted by Crippen LogP contribution is -2.30. The number of thioether (sulfide) groups is 1. The van der Waals surface area contributed by atoms with E-state index in [0.29, 0.717) is 22.0 Å². The molecule has 0 aliphatic heterocycles. The summed E-state index contributed by atoms with van der Waals surface area (Å²) < 4.78 is 0. The van der Waals surface area contributed by atoms with Crippen LogP contribution in [0.2, 0.25) is 5.02 Å². The molecule has 4 aromatic carbocycles. The van der Waals surface area contributed by atoms with Gasteiger partial charge in [0.1, 0.15) is 5.70 Å². The molecule has 0 aliphatic rings. The minimum absolute atomic E-state index is 0.0960. The van der Waals surface area contributed by atoms with Crippen molar-refractivity contribution >= 4 is 69.4 Å². The lowest BCUT2D eigenvalue weighted by molar-refractivity contribution is -0.115. The van der Waals surface area contributed by atoms with Gasteiger partial charge in [-0.15, -0.1) is 11.8 Å². The number of rotatable bonds is 9. The van der Waals surface area contributed by atoms with E-state index in [9.17, 15) is 14.4 Å². The van der Waals surface area contributed by atoms with Gasteiger partial charge in [0.05, 0.1) is 5.25 Å². The van der Waals surface area contributed by atoms with Crippen molar-refractivity contribution in [1.29, 1.82) is 0 Å². The van der Waals surface area contributed by atoms with Crippen molar-refractivity contribution < 1.29 is 14.4 Å². The predicted octanol–water partition coefficient (Wildman–Crippen LogP) is 7.66. The zero-order chi connectivity index (χ0) is 30.3. The maximum absolute atomic E-state index is 13.4. The maximum atomic E-state index is 13.4. The fourth-order valence-electron chi connectivity index (χ4n) is 4.36. The van der Waals surface area contributed by atoms with Gasteiger partial charge in [-0.3, -0.25) is 14.4 Å². The van der Waals surface area contributed by atoms with E-state index in [1.165, 1.54) is 11.8 Å². The third-order valence-electron chi connectivity index (χ3n) is 6.77. The van der Waals surface area contributed by atoms with E-state index in [2.05, 4.69) is 20.9 Å². The second-order valence-electron chi connectivity index (χ2n) is 9.81. The average Bonchev–Trinajstić information content (AvgIpc) is 3.43. The molecule has 0 saturated carbocycles. The van der Waals surface area contributed by atoms with E-state index in [1.807, 2.05) is 62.4 Å². The molecular weight excluding hydrogens is 580 g/mol. The highest BCUT2D eigenvalue weighted by Crippen LogP contribution is 2.28. The summed E-state index contributed by atoms with van der Waals surface area (Å²) in [5.74, 6) is -1.01. The Morgan fingerprint density at radius 1 is 0.860 bits per heavy atom. The monoisotopic (exact) mass is 608 g/mol. The molecule has 0 fully saturated rings. The highest BCUT2D eigenvalue weighted by atomic mass is 35.5. The van der Waals surface area contributed by atoms with E-state index in [-0.39, 0.29) is 16.9 Å². The van der Waals surface area contributed by atoms with Gasteiger partial charge in [0.25, 0.3) is 11.8 Å². The topological polar surface area (TPSA) is 103 Å². The SMILES string of the molecule is Cc1c(Cl)cccc1NC(=O)C(C)Sc1ccc(NC(=O)C(=Cc2c[nH]c3ccccc23)NC(=O)c2ccccc2)cc1. The molecule has 4 N–H and O–H groups in total. The summed E-state index contributed by atoms with van der Waals surface area (Å²) in [4.78, 5) is 43.3. The molecular formula is C34H29ClN4O3S. The number of fused-ring (bicyclic) bond motifs is 1. The summed E-state index contributed by atoms with van der Waals surface area (Å²) in [6.07, 6.45) is 3.45. The lowest BCUT2D eigenvalue weighted by Gasteiger charge is -2.15. The number of H-pyrrole nitrogens is 1. The van der Waals surface area contributed by atoms with Crippen LogP contribution in [0.25, 0.3) is 17.0 Å². The van der Waals surface area contributed by atoms with E-state index < -0.39 is 11.8 Å². The van der Waals surface area contributed by atoms with Gasteiger partial charge in [-0.1, -0.05) is 54.1 Å². The van der Waals surface area contributed by atoms with Crippen molar-refractivity contribution in [2.75, 3.05) is 10.6 Å². The number of benzene rings is 4. The van der Waals surface area contributed by atoms with Gasteiger partial charge in [-0.25, -0.2) is 0 Å². The molecule has 43 heavy (non-hydrogen) atoms. The molecule has 5 rings (SSSR count). The molecule has 3 amide bonds. The molecule has 7 nitrogen and oxygen atoms in total. The van der Waals surface area contributed by atoms with Crippen LogP contribution in [0.1, 0.15) is 28.4 Å². The van der Waals surface area contributed by atoms with Crippen molar-refractivity contribution in [2.45, 2.75) is 24.0 Å². The third kappa shape index (κ3) is 7.35. The number of aromatic nitrogens is 1. The third-order valence-corrected chi connectivity index (χ3v) is 8.29. The molecule has 0 saturated heterocycles. The average molecular weight is 609 g/mol. The zero-order valence-electron chi connectivity index (χ0n) is 23.5. The van der Waals surface area contributed by atoms with Gasteiger partial charge in [-0.05, 0) is 80.1 Å². The smallest absolute Gasteiger partial charge is 0.272 e. The molecule has 1 atom stereocenters. The van der Waals surface area contributed by atoms with Crippen LogP contribution in [0.3, 0.4) is 0 Å². The van der Waals surface area contributed by atoms with Gasteiger partial charge < -0.3 is 20.9 Å². The highest BCUT2D eigenvalue weighted by Gasteiger charge is 2.18. The summed E-state index contributed by atoms with van der Waals surface area (Å²) >= 11 is 7.57. The minimum Gasteiger partial charge on any atom is -0.361 e. The van der Waals surface area contributed by atoms with Gasteiger partial charge >= 0.3 is 0 Å². The Morgan fingerprint density at radius 3 is 2.35 bits per heavy atom. The Morgan fingerprint density at radius 2 is 1.58 bits per heavy atom. The van der Waals surface area contributed by atoms with E-state index in [4.69, 9.17) is 11.6 Å². The second kappa shape index (κ2) is 13.5. The molecule has 1 heterocycles. The maximum Gasteiger partial charge on any atom is 0.272 e. The van der Waals surface area contributed by atoms with Crippen LogP contribution in [-0.2, 0) is 9.59 Å². The fraction of sp³-hybridized carbons (Fsp3) is 0.0882. The molecule has 0 bridgehead atoms. The number of carbonyl (C=O) groups excluding carboxylic acids is 3. The first-order valence-electron chi connectivity index (χ1n) is 13.6. The molecule has 1 aromatic heterocycles. The van der Waals surface area contributed by atoms with Gasteiger partial charge in [-0.2, -0.15) is 0 Å². The quantitative estimate of drug-likeness (QED) is 0.102. The molecule has 0 radical (unpaired) electrons. The van der Waals surface area contributed by atoms with Crippen LogP contribution in [0.15, 0.2) is 114 Å². The Labute approximate surface area is 258 Å². The Kier molecular flexibility index (Phi) is 9.29. The standard InChI is InChI=1S/C34H29ClN4O3S/c1-21-28(35)12-8-14-29(21)38-32(40)22(2)43-26-17-15-25(16-18-26)37-34(42)31(39-33(41)23-9-4-3-5-10-23)19-24-20-36-30-13-7-6-11-27(24)30/h3-20,22,36H,1-2H3,(H,37,42)(H,38,40)(H,39,41). The molecule has 216 valence electrons. The molecule has 9 heteroatoms. The van der Waals surface area contributed by atoms with E-state index >= 15 is 0 Å². The van der Waals surface area contributed by atoms with Crippen molar-refractivity contribution in [2.24, 2.45) is 0 Å². The van der Waals surface area contributed by atoms with Crippen LogP contribution >= 0.6 is 23.4 Å². The Balaban J connectivity index is 1.29. The summed E-state index contributed by atoms with van der Waals surface area (Å²) in [6, 6.07) is 29.0. The minimum atomic E-state index is -0.473. The van der Waals surface area contributed by atoms with Crippen LogP contribution in [0.5, 0.6) is 0 Å². The number of halogens is 1. The van der Waals surface area contributed by atoms with Crippen LogP contribution in [0.4, 0.5) is 11.4 Å².